The summed E-state index contributed by atoms with van der Waals surface area (Å²) in [5, 5.41) is 0.201. The minimum Gasteiger partial charge on any atom is -0.456 e. The number of phosphoric acid groups is 3. The van der Waals surface area contributed by atoms with E-state index < -0.39 is 65.7 Å². The van der Waals surface area contributed by atoms with Gasteiger partial charge in [-0.05, 0) is 25.5 Å². The van der Waals surface area contributed by atoms with E-state index in [-0.39, 0.29) is 22.8 Å². The normalized spacial score (nSPS) is 22.3. The summed E-state index contributed by atoms with van der Waals surface area (Å²) in [6, 6.07) is 6.71. The molecular weight excluding hydrogens is 689 g/mol. The molecule has 2 heterocycles. The lowest BCUT2D eigenvalue weighted by atomic mass is 10.0. The summed E-state index contributed by atoms with van der Waals surface area (Å²) in [6.45, 7) is 6.46. The third kappa shape index (κ3) is 10.8. The Balaban J connectivity index is 1.86. The molecule has 0 bridgehead atoms. The van der Waals surface area contributed by atoms with Crippen LogP contribution in [-0.4, -0.2) is 59.2 Å². The van der Waals surface area contributed by atoms with Crippen molar-refractivity contribution >= 4 is 51.0 Å². The lowest BCUT2D eigenvalue weighted by Crippen LogP contribution is -2.33. The molecule has 0 amide bonds. The van der Waals surface area contributed by atoms with E-state index in [1.807, 2.05) is 20.8 Å². The van der Waals surface area contributed by atoms with E-state index in [0.29, 0.717) is 10.8 Å². The van der Waals surface area contributed by atoms with Crippen LogP contribution < -0.4 is 11.2 Å². The van der Waals surface area contributed by atoms with Crippen LogP contribution in [0.25, 0.3) is 0 Å². The second-order valence-corrected chi connectivity index (χ2v) is 17.3. The van der Waals surface area contributed by atoms with E-state index in [1.165, 1.54) is 13.1 Å². The maximum Gasteiger partial charge on any atom is 0.490 e. The van der Waals surface area contributed by atoms with Crippen molar-refractivity contribution in [2.45, 2.75) is 63.1 Å². The molecule has 1 saturated heterocycles. The van der Waals surface area contributed by atoms with Gasteiger partial charge in [0.25, 0.3) is 5.56 Å². The molecule has 3 unspecified atom stereocenters. The predicted molar refractivity (Wildman–Crippen MR) is 159 cm³/mol. The van der Waals surface area contributed by atoms with E-state index in [1.54, 1.807) is 45.9 Å². The van der Waals surface area contributed by atoms with Crippen molar-refractivity contribution in [2.24, 2.45) is 0 Å². The van der Waals surface area contributed by atoms with Crippen LogP contribution in [0.5, 0.6) is 0 Å². The molecule has 17 nitrogen and oxygen atoms in total. The van der Waals surface area contributed by atoms with Crippen molar-refractivity contribution in [1.29, 1.82) is 0 Å². The van der Waals surface area contributed by atoms with Gasteiger partial charge in [-0.25, -0.2) is 23.3 Å². The number of hydrogen-bond donors (Lipinski definition) is 5. The van der Waals surface area contributed by atoms with E-state index >= 15 is 0 Å². The number of phosphoric ester groups is 1. The Hall–Kier alpha value is -1.56. The van der Waals surface area contributed by atoms with Crippen LogP contribution in [-0.2, 0) is 36.3 Å². The van der Waals surface area contributed by atoms with Gasteiger partial charge in [0.2, 0.25) is 0 Å². The molecule has 5 N–H and O–H groups in total. The zero-order chi connectivity index (χ0) is 33.0. The number of aryl methyl sites for hydroxylation is 1. The zero-order valence-corrected chi connectivity index (χ0v) is 27.9. The van der Waals surface area contributed by atoms with Gasteiger partial charge in [-0.2, -0.15) is 8.62 Å². The number of H-pyrrole nitrogens is 1. The van der Waals surface area contributed by atoms with E-state index in [2.05, 4.69) is 13.6 Å². The second-order valence-electron chi connectivity index (χ2n) is 9.64. The molecule has 6 atom stereocenters. The first-order chi connectivity index (χ1) is 20.3. The average molecular weight is 721 g/mol. The van der Waals surface area contributed by atoms with Crippen LogP contribution in [0.15, 0.2) is 40.1 Å². The third-order valence-corrected chi connectivity index (χ3v) is 12.9. The van der Waals surface area contributed by atoms with Crippen LogP contribution in [0.4, 0.5) is 0 Å². The molecule has 0 aliphatic carbocycles. The molecule has 246 valence electrons. The zero-order valence-electron chi connectivity index (χ0n) is 23.6. The quantitative estimate of drug-likeness (QED) is 0.106. The third-order valence-electron chi connectivity index (χ3n) is 5.72. The topological polar surface area (TPSA) is 250 Å². The Morgan fingerprint density at radius 2 is 1.73 bits per heavy atom. The first kappa shape index (κ1) is 36.9. The van der Waals surface area contributed by atoms with Crippen LogP contribution in [0.2, 0.25) is 0 Å². The summed E-state index contributed by atoms with van der Waals surface area (Å²) in [4.78, 5) is 76.6. The van der Waals surface area contributed by atoms with E-state index in [4.69, 9.17) is 23.8 Å². The first-order valence-corrected chi connectivity index (χ1v) is 19.4. The lowest BCUT2D eigenvalue weighted by Gasteiger charge is -2.22. The second kappa shape index (κ2) is 14.9. The summed E-state index contributed by atoms with van der Waals surface area (Å²) in [7, 11) is -13.8. The van der Waals surface area contributed by atoms with Gasteiger partial charge in [-0.3, -0.25) is 18.9 Å². The standard InChI is InChI=1S/C22H31N2O15P3S2/c1-12(2)43-44-14(4)15-7-5-6-8-16(15)21(26)37-17-9-19(24-10-13(3)20(25)23-22(24)27)36-18(17)11-35-41(31,32)39-42(33,34)38-40(28,29)30/h5-8,10,12,14,17-19H,9,11H2,1-4H3,(H,31,32)(H,33,34)(H,23,25,27)(H2,28,29,30)/t14?,17-,18-,19-/m1/s1. The maximum absolute atomic E-state index is 13.4. The fourth-order valence-corrected chi connectivity index (χ4v) is 9.11. The predicted octanol–water partition coefficient (Wildman–Crippen LogP) is 3.55. The van der Waals surface area contributed by atoms with Crippen molar-refractivity contribution in [3.63, 3.8) is 0 Å². The molecular formula is C22H31N2O15P3S2. The monoisotopic (exact) mass is 720 g/mol. The van der Waals surface area contributed by atoms with Crippen molar-refractivity contribution in [2.75, 3.05) is 6.61 Å². The molecule has 0 saturated carbocycles. The Morgan fingerprint density at radius 3 is 2.36 bits per heavy atom. The summed E-state index contributed by atoms with van der Waals surface area (Å²) in [6.07, 6.45) is -2.78. The molecule has 1 aliphatic heterocycles. The Morgan fingerprint density at radius 1 is 1.07 bits per heavy atom. The highest BCUT2D eigenvalue weighted by Gasteiger charge is 2.44. The first-order valence-electron chi connectivity index (χ1n) is 12.6. The minimum absolute atomic E-state index is 0.123. The number of ether oxygens (including phenoxy) is 2. The van der Waals surface area contributed by atoms with Gasteiger partial charge in [0.1, 0.15) is 18.4 Å². The van der Waals surface area contributed by atoms with Gasteiger partial charge in [0.15, 0.2) is 0 Å². The van der Waals surface area contributed by atoms with Crippen LogP contribution >= 0.6 is 45.1 Å². The summed E-state index contributed by atoms with van der Waals surface area (Å²) >= 11 is 0. The fraction of sp³-hybridized carbons (Fsp3) is 0.500. The molecule has 0 spiro atoms. The van der Waals surface area contributed by atoms with Gasteiger partial charge in [0, 0.05) is 28.7 Å². The molecule has 1 fully saturated rings. The lowest BCUT2D eigenvalue weighted by molar-refractivity contribution is -0.0512. The van der Waals surface area contributed by atoms with Gasteiger partial charge in [-0.15, -0.1) is 0 Å². The van der Waals surface area contributed by atoms with Gasteiger partial charge in [0.05, 0.1) is 12.2 Å². The Kier molecular flexibility index (Phi) is 12.5. The minimum atomic E-state index is -5.79. The molecule has 0 radical (unpaired) electrons. The number of esters is 1. The maximum atomic E-state index is 13.4. The molecule has 2 aromatic rings. The Labute approximate surface area is 258 Å². The van der Waals surface area contributed by atoms with Crippen LogP contribution in [0.1, 0.15) is 60.2 Å². The van der Waals surface area contributed by atoms with Crippen molar-refractivity contribution in [3.05, 3.63) is 68.0 Å². The summed E-state index contributed by atoms with van der Waals surface area (Å²) < 4.78 is 59.6. The largest absolute Gasteiger partial charge is 0.490 e. The molecule has 1 aliphatic rings. The van der Waals surface area contributed by atoms with Crippen LogP contribution in [0.3, 0.4) is 0 Å². The number of aromatic nitrogens is 2. The van der Waals surface area contributed by atoms with Gasteiger partial charge < -0.3 is 29.0 Å². The molecule has 44 heavy (non-hydrogen) atoms. The number of nitrogens with one attached hydrogen (secondary N) is 1. The highest BCUT2D eigenvalue weighted by atomic mass is 33.1. The average Bonchev–Trinajstić information content (AvgIpc) is 3.28. The summed E-state index contributed by atoms with van der Waals surface area (Å²) in [5.41, 5.74) is -0.454. The molecule has 1 aromatic heterocycles. The Bertz CT molecular complexity index is 1610. The summed E-state index contributed by atoms with van der Waals surface area (Å²) in [5.74, 6) is -0.787. The SMILES string of the molecule is Cc1cn([C@H]2C[C@@H](OC(=O)c3ccccc3C(C)SSC(C)C)[C@@H](COP(=O)(O)OP(=O)(O)OP(=O)(O)O)O2)c(=O)[nH]c1=O. The number of hydrogen-bond acceptors (Lipinski definition) is 13. The van der Waals surface area contributed by atoms with Crippen molar-refractivity contribution in [3.8, 4) is 0 Å². The number of carbonyl (C=O) groups is 1. The molecule has 3 rings (SSSR count). The number of aromatic amines is 1. The van der Waals surface area contributed by atoms with Gasteiger partial charge >= 0.3 is 35.1 Å². The van der Waals surface area contributed by atoms with Crippen LogP contribution in [0, 0.1) is 6.92 Å². The fourth-order valence-electron chi connectivity index (χ4n) is 3.90. The number of carbonyl (C=O) groups excluding carboxylic acids is 1. The highest BCUT2D eigenvalue weighted by molar-refractivity contribution is 8.77. The molecule has 1 aromatic carbocycles. The number of benzene rings is 1. The van der Waals surface area contributed by atoms with Crippen molar-refractivity contribution in [1.82, 2.24) is 9.55 Å². The van der Waals surface area contributed by atoms with E-state index in [9.17, 15) is 37.9 Å². The van der Waals surface area contributed by atoms with Crippen molar-refractivity contribution < 1.29 is 60.7 Å². The van der Waals surface area contributed by atoms with Gasteiger partial charge in [-0.1, -0.05) is 53.6 Å². The smallest absolute Gasteiger partial charge is 0.456 e. The highest BCUT2D eigenvalue weighted by Crippen LogP contribution is 2.66. The number of nitrogens with zero attached hydrogens (tertiary/aromatic N) is 1. The molecule has 22 heteroatoms. The number of rotatable bonds is 14. The van der Waals surface area contributed by atoms with E-state index in [0.717, 1.165) is 4.57 Å².